The van der Waals surface area contributed by atoms with Gasteiger partial charge >= 0.3 is 6.18 Å². The molecule has 0 aromatic heterocycles. The molecule has 0 heterocycles. The number of oxime groups is 1. The van der Waals surface area contributed by atoms with Crippen molar-refractivity contribution >= 4 is 5.71 Å². The molecule has 17 heavy (non-hydrogen) atoms. The summed E-state index contributed by atoms with van der Waals surface area (Å²) in [6.07, 6.45) is -1.24. The molecule has 0 aromatic carbocycles. The first kappa shape index (κ1) is 13.6. The Hall–Kier alpha value is -1.50. The van der Waals surface area contributed by atoms with Crippen molar-refractivity contribution < 1.29 is 18.4 Å². The number of allylic oxidation sites excluding steroid dienone is 4. The van der Waals surface area contributed by atoms with E-state index in [-0.39, 0.29) is 17.8 Å². The second-order valence-corrected chi connectivity index (χ2v) is 3.74. The van der Waals surface area contributed by atoms with Gasteiger partial charge in [0.15, 0.2) is 0 Å². The van der Waals surface area contributed by atoms with E-state index in [9.17, 15) is 13.2 Å². The summed E-state index contributed by atoms with van der Waals surface area (Å²) in [5, 5.41) is 11.5. The summed E-state index contributed by atoms with van der Waals surface area (Å²) in [5.41, 5.74) is -0.174. The predicted octanol–water partition coefficient (Wildman–Crippen LogP) is 2.08. The van der Waals surface area contributed by atoms with Crippen molar-refractivity contribution in [3.63, 3.8) is 0 Å². The largest absolute Gasteiger partial charge is 0.411 e. The van der Waals surface area contributed by atoms with E-state index in [0.29, 0.717) is 0 Å². The third-order valence-corrected chi connectivity index (χ3v) is 2.81. The standard InChI is InChI=1S/C10H14F3N3O/c1-2-8(16-17)9(10(11,12)13)5-3-4-7(6-9)15-14/h3-5,15,17H,2,6,14H2,1H3. The van der Waals surface area contributed by atoms with Gasteiger partial charge in [-0.1, -0.05) is 24.2 Å². The molecule has 96 valence electrons. The molecule has 0 saturated heterocycles. The molecule has 0 fully saturated rings. The minimum absolute atomic E-state index is 0.00178. The summed E-state index contributed by atoms with van der Waals surface area (Å²) in [7, 11) is 0. The van der Waals surface area contributed by atoms with E-state index >= 15 is 0 Å². The van der Waals surface area contributed by atoms with Crippen LogP contribution in [0, 0.1) is 5.41 Å². The van der Waals surface area contributed by atoms with Crippen LogP contribution in [0.15, 0.2) is 29.1 Å². The zero-order valence-electron chi connectivity index (χ0n) is 9.25. The van der Waals surface area contributed by atoms with Crippen molar-refractivity contribution in [1.82, 2.24) is 5.43 Å². The molecule has 0 aromatic rings. The fourth-order valence-electron chi connectivity index (χ4n) is 1.88. The molecule has 0 amide bonds. The van der Waals surface area contributed by atoms with Gasteiger partial charge in [-0.05, 0) is 12.5 Å². The lowest BCUT2D eigenvalue weighted by atomic mass is 9.74. The third-order valence-electron chi connectivity index (χ3n) is 2.81. The Kier molecular flexibility index (Phi) is 3.82. The lowest BCUT2D eigenvalue weighted by molar-refractivity contribution is -0.183. The summed E-state index contributed by atoms with van der Waals surface area (Å²) in [5.74, 6) is 5.13. The van der Waals surface area contributed by atoms with E-state index in [4.69, 9.17) is 11.0 Å². The van der Waals surface area contributed by atoms with E-state index in [2.05, 4.69) is 10.6 Å². The molecule has 0 bridgehead atoms. The number of rotatable bonds is 3. The SMILES string of the molecule is CCC(=NO)C1(C(F)(F)F)C=CC=C(NN)C1. The zero-order valence-corrected chi connectivity index (χ0v) is 9.25. The number of hydrogen-bond acceptors (Lipinski definition) is 4. The minimum atomic E-state index is -4.54. The van der Waals surface area contributed by atoms with Gasteiger partial charge in [0.2, 0.25) is 0 Å². The fraction of sp³-hybridized carbons (Fsp3) is 0.500. The van der Waals surface area contributed by atoms with Crippen molar-refractivity contribution in [3.8, 4) is 0 Å². The van der Waals surface area contributed by atoms with E-state index in [1.54, 1.807) is 0 Å². The highest BCUT2D eigenvalue weighted by Gasteiger charge is 2.57. The van der Waals surface area contributed by atoms with Crippen LogP contribution >= 0.6 is 0 Å². The van der Waals surface area contributed by atoms with Gasteiger partial charge in [-0.3, -0.25) is 5.84 Å². The summed E-state index contributed by atoms with van der Waals surface area (Å²) in [4.78, 5) is 0. The van der Waals surface area contributed by atoms with Crippen LogP contribution in [0.3, 0.4) is 0 Å². The highest BCUT2D eigenvalue weighted by Crippen LogP contribution is 2.47. The average molecular weight is 249 g/mol. The Morgan fingerprint density at radius 2 is 2.29 bits per heavy atom. The number of nitrogens with two attached hydrogens (primary N) is 1. The number of halogens is 3. The average Bonchev–Trinajstić information content (AvgIpc) is 2.29. The van der Waals surface area contributed by atoms with Crippen LogP contribution in [-0.4, -0.2) is 17.1 Å². The smallest absolute Gasteiger partial charge is 0.403 e. The van der Waals surface area contributed by atoms with Gasteiger partial charge in [0.25, 0.3) is 0 Å². The molecule has 0 spiro atoms. The Bertz CT molecular complexity index is 373. The second kappa shape index (κ2) is 4.79. The van der Waals surface area contributed by atoms with Crippen molar-refractivity contribution in [2.24, 2.45) is 16.4 Å². The van der Waals surface area contributed by atoms with Gasteiger partial charge in [0.1, 0.15) is 5.41 Å². The number of hydrogen-bond donors (Lipinski definition) is 3. The van der Waals surface area contributed by atoms with E-state index in [1.807, 2.05) is 0 Å². The molecule has 0 radical (unpaired) electrons. The third kappa shape index (κ3) is 2.28. The first-order chi connectivity index (χ1) is 7.91. The fourth-order valence-corrected chi connectivity index (χ4v) is 1.88. The number of alkyl halides is 3. The molecule has 1 aliphatic carbocycles. The highest BCUT2D eigenvalue weighted by molar-refractivity contribution is 5.92. The van der Waals surface area contributed by atoms with Gasteiger partial charge in [-0.2, -0.15) is 13.2 Å². The maximum atomic E-state index is 13.2. The first-order valence-electron chi connectivity index (χ1n) is 5.04. The van der Waals surface area contributed by atoms with Gasteiger partial charge in [-0.15, -0.1) is 0 Å². The number of nitrogens with one attached hydrogen (secondary N) is 1. The highest BCUT2D eigenvalue weighted by atomic mass is 19.4. The molecular weight excluding hydrogens is 235 g/mol. The van der Waals surface area contributed by atoms with Crippen LogP contribution in [0.2, 0.25) is 0 Å². The summed E-state index contributed by atoms with van der Waals surface area (Å²) in [6.45, 7) is 1.50. The molecule has 1 atom stereocenters. The Balaban J connectivity index is 3.25. The maximum absolute atomic E-state index is 13.2. The Morgan fingerprint density at radius 1 is 1.65 bits per heavy atom. The Morgan fingerprint density at radius 3 is 2.71 bits per heavy atom. The normalized spacial score (nSPS) is 25.7. The van der Waals surface area contributed by atoms with Gasteiger partial charge in [0, 0.05) is 12.1 Å². The van der Waals surface area contributed by atoms with E-state index in [1.165, 1.54) is 19.1 Å². The van der Waals surface area contributed by atoms with E-state index in [0.717, 1.165) is 6.08 Å². The molecule has 1 unspecified atom stereocenters. The van der Waals surface area contributed by atoms with Crippen LogP contribution in [0.4, 0.5) is 13.2 Å². The van der Waals surface area contributed by atoms with Gasteiger partial charge < -0.3 is 10.6 Å². The number of hydrazine groups is 1. The van der Waals surface area contributed by atoms with Crippen LogP contribution in [0.25, 0.3) is 0 Å². The minimum Gasteiger partial charge on any atom is -0.411 e. The molecule has 0 aliphatic heterocycles. The molecule has 0 saturated carbocycles. The molecule has 4 nitrogen and oxygen atoms in total. The lowest BCUT2D eigenvalue weighted by Crippen LogP contribution is -2.46. The van der Waals surface area contributed by atoms with Crippen LogP contribution < -0.4 is 11.3 Å². The lowest BCUT2D eigenvalue weighted by Gasteiger charge is -2.35. The summed E-state index contributed by atoms with van der Waals surface area (Å²) < 4.78 is 39.6. The molecule has 1 aliphatic rings. The van der Waals surface area contributed by atoms with Gasteiger partial charge in [-0.25, -0.2) is 0 Å². The molecule has 1 rings (SSSR count). The van der Waals surface area contributed by atoms with Gasteiger partial charge in [0.05, 0.1) is 5.71 Å². The van der Waals surface area contributed by atoms with Crippen LogP contribution in [0.1, 0.15) is 19.8 Å². The summed E-state index contributed by atoms with van der Waals surface area (Å²) >= 11 is 0. The first-order valence-corrected chi connectivity index (χ1v) is 5.04. The quantitative estimate of drug-likeness (QED) is 0.310. The van der Waals surface area contributed by atoms with Crippen molar-refractivity contribution in [1.29, 1.82) is 0 Å². The maximum Gasteiger partial charge on any atom is 0.403 e. The second-order valence-electron chi connectivity index (χ2n) is 3.74. The predicted molar refractivity (Wildman–Crippen MR) is 57.2 cm³/mol. The van der Waals surface area contributed by atoms with Crippen LogP contribution in [0.5, 0.6) is 0 Å². The van der Waals surface area contributed by atoms with Crippen molar-refractivity contribution in [2.45, 2.75) is 25.9 Å². The number of nitrogens with zero attached hydrogens (tertiary/aromatic N) is 1. The van der Waals surface area contributed by atoms with Crippen LogP contribution in [-0.2, 0) is 0 Å². The van der Waals surface area contributed by atoms with Crippen molar-refractivity contribution in [3.05, 3.63) is 23.9 Å². The molecule has 7 heteroatoms. The summed E-state index contributed by atoms with van der Waals surface area (Å²) in [6, 6.07) is 0. The zero-order chi connectivity index (χ0) is 13.1. The van der Waals surface area contributed by atoms with Crippen molar-refractivity contribution in [2.75, 3.05) is 0 Å². The monoisotopic (exact) mass is 249 g/mol. The van der Waals surface area contributed by atoms with E-state index < -0.39 is 18.0 Å². The molecule has 4 N–H and O–H groups in total. The topological polar surface area (TPSA) is 70.6 Å². The Labute approximate surface area is 96.6 Å². The molecular formula is C10H14F3N3O.